The highest BCUT2D eigenvalue weighted by Gasteiger charge is 2.42. The first kappa shape index (κ1) is 20.2. The van der Waals surface area contributed by atoms with Gasteiger partial charge >= 0.3 is 0 Å². The zero-order valence-electron chi connectivity index (χ0n) is 17.4. The van der Waals surface area contributed by atoms with E-state index in [1.807, 2.05) is 36.8 Å². The summed E-state index contributed by atoms with van der Waals surface area (Å²) < 4.78 is 0. The van der Waals surface area contributed by atoms with Crippen LogP contribution in [0.4, 0.5) is 0 Å². The molecule has 1 aliphatic rings. The van der Waals surface area contributed by atoms with E-state index in [2.05, 4.69) is 50.5 Å². The predicted octanol–water partition coefficient (Wildman–Crippen LogP) is 3.71. The Morgan fingerprint density at radius 2 is 1.90 bits per heavy atom. The predicted molar refractivity (Wildman–Crippen MR) is 119 cm³/mol. The lowest BCUT2D eigenvalue weighted by Gasteiger charge is -2.42. The van der Waals surface area contributed by atoms with Crippen LogP contribution in [0.5, 0.6) is 0 Å². The molecule has 1 N–H and O–H groups in total. The van der Waals surface area contributed by atoms with E-state index < -0.39 is 5.41 Å². The number of hydrogen-bond donors (Lipinski definition) is 1. The minimum Gasteiger partial charge on any atom is -0.359 e. The summed E-state index contributed by atoms with van der Waals surface area (Å²) in [5.74, 6) is 0.128. The molecule has 4 rings (SSSR count). The molecule has 1 aromatic carbocycles. The summed E-state index contributed by atoms with van der Waals surface area (Å²) >= 11 is 0. The van der Waals surface area contributed by atoms with Crippen LogP contribution in [0, 0.1) is 5.41 Å². The van der Waals surface area contributed by atoms with Gasteiger partial charge in [-0.05, 0) is 60.7 Å². The Bertz CT molecular complexity index is 977. The molecule has 0 unspecified atom stereocenters. The van der Waals surface area contributed by atoms with Crippen LogP contribution >= 0.6 is 0 Å². The highest BCUT2D eigenvalue weighted by atomic mass is 16.2. The molecule has 0 saturated carbocycles. The minimum absolute atomic E-state index is 0.128. The van der Waals surface area contributed by atoms with E-state index in [1.165, 1.54) is 11.1 Å². The normalized spacial score (nSPS) is 19.4. The van der Waals surface area contributed by atoms with Gasteiger partial charge in [0, 0.05) is 50.5 Å². The monoisotopic (exact) mass is 400 g/mol. The van der Waals surface area contributed by atoms with E-state index in [0.29, 0.717) is 6.42 Å². The van der Waals surface area contributed by atoms with E-state index in [-0.39, 0.29) is 5.91 Å². The molecule has 0 spiro atoms. The number of rotatable bonds is 6. The number of amides is 1. The molecule has 5 heteroatoms. The first-order valence-electron chi connectivity index (χ1n) is 10.5. The van der Waals surface area contributed by atoms with Gasteiger partial charge in [-0.1, -0.05) is 30.3 Å². The summed E-state index contributed by atoms with van der Waals surface area (Å²) in [4.78, 5) is 24.0. The van der Waals surface area contributed by atoms with Gasteiger partial charge < -0.3 is 5.32 Å². The van der Waals surface area contributed by atoms with Crippen LogP contribution in [0.1, 0.15) is 24.0 Å². The van der Waals surface area contributed by atoms with Crippen molar-refractivity contribution in [1.29, 1.82) is 0 Å². The third kappa shape index (κ3) is 4.41. The van der Waals surface area contributed by atoms with Gasteiger partial charge in [-0.2, -0.15) is 0 Å². The Morgan fingerprint density at radius 3 is 2.67 bits per heavy atom. The van der Waals surface area contributed by atoms with Gasteiger partial charge in [-0.3, -0.25) is 19.7 Å². The molecule has 0 aliphatic carbocycles. The second-order valence-corrected chi connectivity index (χ2v) is 8.10. The average molecular weight is 401 g/mol. The van der Waals surface area contributed by atoms with Crippen molar-refractivity contribution in [3.8, 4) is 11.1 Å². The number of piperidine rings is 1. The molecule has 1 fully saturated rings. The van der Waals surface area contributed by atoms with E-state index in [0.717, 1.165) is 43.6 Å². The Morgan fingerprint density at radius 1 is 1.07 bits per heavy atom. The topological polar surface area (TPSA) is 58.1 Å². The second kappa shape index (κ2) is 9.18. The maximum absolute atomic E-state index is 13.2. The van der Waals surface area contributed by atoms with E-state index in [1.54, 1.807) is 13.2 Å². The third-order valence-corrected chi connectivity index (χ3v) is 6.04. The molecule has 0 radical (unpaired) electrons. The molecule has 0 bridgehead atoms. The minimum atomic E-state index is -0.446. The molecule has 5 nitrogen and oxygen atoms in total. The average Bonchev–Trinajstić information content (AvgIpc) is 2.80. The molecule has 1 aliphatic heterocycles. The van der Waals surface area contributed by atoms with Crippen molar-refractivity contribution in [2.75, 3.05) is 20.1 Å². The molecule has 3 heterocycles. The quantitative estimate of drug-likeness (QED) is 0.685. The summed E-state index contributed by atoms with van der Waals surface area (Å²) in [6.07, 6.45) is 9.95. The van der Waals surface area contributed by atoms with Crippen molar-refractivity contribution < 1.29 is 4.79 Å². The lowest BCUT2D eigenvalue weighted by Crippen LogP contribution is -2.52. The van der Waals surface area contributed by atoms with Crippen molar-refractivity contribution in [1.82, 2.24) is 20.2 Å². The number of likely N-dealkylation sites (tertiary alicyclic amines) is 1. The fourth-order valence-corrected chi connectivity index (χ4v) is 4.63. The number of hydrogen-bond acceptors (Lipinski definition) is 4. The summed E-state index contributed by atoms with van der Waals surface area (Å²) in [6.45, 7) is 2.59. The smallest absolute Gasteiger partial charge is 0.227 e. The molecular weight excluding hydrogens is 372 g/mol. The van der Waals surface area contributed by atoms with Gasteiger partial charge in [0.1, 0.15) is 0 Å². The largest absolute Gasteiger partial charge is 0.359 e. The molecule has 154 valence electrons. The third-order valence-electron chi connectivity index (χ3n) is 6.04. The fraction of sp³-hybridized carbons (Fsp3) is 0.320. The lowest BCUT2D eigenvalue weighted by atomic mass is 9.73. The molecule has 1 atom stereocenters. The van der Waals surface area contributed by atoms with Crippen molar-refractivity contribution in [3.05, 3.63) is 84.4 Å². The van der Waals surface area contributed by atoms with Crippen molar-refractivity contribution in [2.24, 2.45) is 5.41 Å². The van der Waals surface area contributed by atoms with Gasteiger partial charge in [-0.25, -0.2) is 0 Å². The van der Waals surface area contributed by atoms with Crippen LogP contribution in [-0.4, -0.2) is 40.9 Å². The van der Waals surface area contributed by atoms with Crippen molar-refractivity contribution >= 4 is 5.91 Å². The van der Waals surface area contributed by atoms with Gasteiger partial charge in [0.2, 0.25) is 5.91 Å². The summed E-state index contributed by atoms with van der Waals surface area (Å²) in [5, 5.41) is 2.95. The molecule has 30 heavy (non-hydrogen) atoms. The highest BCUT2D eigenvalue weighted by Crippen LogP contribution is 2.37. The fourth-order valence-electron chi connectivity index (χ4n) is 4.63. The Balaban J connectivity index is 1.63. The number of pyridine rings is 2. The maximum Gasteiger partial charge on any atom is 0.227 e. The van der Waals surface area contributed by atoms with Crippen LogP contribution in [-0.2, 0) is 17.8 Å². The van der Waals surface area contributed by atoms with Crippen LogP contribution in [0.3, 0.4) is 0 Å². The number of carbonyl (C=O) groups is 1. The van der Waals surface area contributed by atoms with Crippen LogP contribution in [0.15, 0.2) is 73.3 Å². The molecule has 1 saturated heterocycles. The number of nitrogens with zero attached hydrogens (tertiary/aromatic N) is 3. The summed E-state index contributed by atoms with van der Waals surface area (Å²) in [7, 11) is 1.75. The summed E-state index contributed by atoms with van der Waals surface area (Å²) in [6, 6.07) is 16.5. The number of nitrogens with one attached hydrogen (secondary N) is 1. The maximum atomic E-state index is 13.2. The van der Waals surface area contributed by atoms with Gasteiger partial charge in [0.15, 0.2) is 0 Å². The Hall–Kier alpha value is -3.05. The first-order chi connectivity index (χ1) is 14.7. The van der Waals surface area contributed by atoms with E-state index >= 15 is 0 Å². The van der Waals surface area contributed by atoms with Crippen LogP contribution in [0.2, 0.25) is 0 Å². The first-order valence-corrected chi connectivity index (χ1v) is 10.5. The number of benzene rings is 1. The molecule has 3 aromatic rings. The zero-order chi connectivity index (χ0) is 20.8. The van der Waals surface area contributed by atoms with Crippen molar-refractivity contribution in [3.63, 3.8) is 0 Å². The highest BCUT2D eigenvalue weighted by molar-refractivity contribution is 5.83. The molecular formula is C25H28N4O. The molecule has 1 amide bonds. The molecule has 2 aromatic heterocycles. The zero-order valence-corrected chi connectivity index (χ0v) is 17.4. The second-order valence-electron chi connectivity index (χ2n) is 8.10. The Kier molecular flexibility index (Phi) is 6.19. The van der Waals surface area contributed by atoms with Crippen molar-refractivity contribution in [2.45, 2.75) is 25.8 Å². The SMILES string of the molecule is CNC(=O)[C@]1(Cc2ccccc2-c2cccnc2)CCCN(Cc2ccncc2)C1. The number of carbonyl (C=O) groups excluding carboxylic acids is 1. The summed E-state index contributed by atoms with van der Waals surface area (Å²) in [5.41, 5.74) is 4.22. The van der Waals surface area contributed by atoms with Gasteiger partial charge in [0.25, 0.3) is 0 Å². The standard InChI is InChI=1S/C25H28N4O/c1-26-24(30)25(11-5-15-29(19-25)18-20-9-13-27-14-10-20)16-21-6-2-3-8-23(21)22-7-4-12-28-17-22/h2-4,6-10,12-14,17H,5,11,15-16,18-19H2,1H3,(H,26,30)/t25-/m0/s1. The van der Waals surface area contributed by atoms with Crippen LogP contribution in [0.25, 0.3) is 11.1 Å². The van der Waals surface area contributed by atoms with Gasteiger partial charge in [0.05, 0.1) is 5.41 Å². The van der Waals surface area contributed by atoms with Crippen LogP contribution < -0.4 is 5.32 Å². The lowest BCUT2D eigenvalue weighted by molar-refractivity contribution is -0.134. The van der Waals surface area contributed by atoms with E-state index in [4.69, 9.17) is 0 Å². The van der Waals surface area contributed by atoms with Gasteiger partial charge in [-0.15, -0.1) is 0 Å². The number of aromatic nitrogens is 2. The van der Waals surface area contributed by atoms with E-state index in [9.17, 15) is 4.79 Å². The Labute approximate surface area is 178 Å².